The van der Waals surface area contributed by atoms with Gasteiger partial charge in [0, 0.05) is 12.6 Å². The van der Waals surface area contributed by atoms with E-state index in [0.29, 0.717) is 12.3 Å². The van der Waals surface area contributed by atoms with Crippen LogP contribution in [0.1, 0.15) is 5.56 Å². The molecule has 0 aliphatic heterocycles. The van der Waals surface area contributed by atoms with Crippen molar-refractivity contribution in [3.05, 3.63) is 60.2 Å². The Kier molecular flexibility index (Phi) is 4.39. The molecule has 1 amide bonds. The number of ether oxygens (including phenoxy) is 1. The van der Waals surface area contributed by atoms with Crippen LogP contribution in [-0.4, -0.2) is 17.6 Å². The van der Waals surface area contributed by atoms with Crippen LogP contribution < -0.4 is 10.1 Å². The molecule has 0 radical (unpaired) electrons. The minimum atomic E-state index is -0.202. The number of rotatable bonds is 5. The van der Waals surface area contributed by atoms with Crippen LogP contribution in [0, 0.1) is 0 Å². The summed E-state index contributed by atoms with van der Waals surface area (Å²) in [5.74, 6) is 0.379. The second-order valence-corrected chi connectivity index (χ2v) is 4.05. The van der Waals surface area contributed by atoms with Gasteiger partial charge in [-0.15, -0.1) is 0 Å². The highest BCUT2D eigenvalue weighted by atomic mass is 16.5. The zero-order valence-electron chi connectivity index (χ0n) is 10.4. The number of hydrogen-bond acceptors (Lipinski definition) is 3. The number of nitrogens with one attached hydrogen (secondary N) is 1. The third kappa shape index (κ3) is 4.35. The molecule has 0 aliphatic carbocycles. The number of phenols is 1. The number of aromatic hydroxyl groups is 1. The number of benzene rings is 2. The maximum Gasteiger partial charge on any atom is 0.258 e. The van der Waals surface area contributed by atoms with Crippen LogP contribution in [0.3, 0.4) is 0 Å². The van der Waals surface area contributed by atoms with E-state index in [4.69, 9.17) is 4.74 Å². The molecule has 0 spiro atoms. The Morgan fingerprint density at radius 1 is 1.11 bits per heavy atom. The highest BCUT2D eigenvalue weighted by Gasteiger charge is 2.03. The fourth-order valence-corrected chi connectivity index (χ4v) is 1.57. The predicted octanol–water partition coefficient (Wildman–Crippen LogP) is 2.09. The minimum Gasteiger partial charge on any atom is -0.508 e. The Morgan fingerprint density at radius 2 is 1.89 bits per heavy atom. The van der Waals surface area contributed by atoms with Crippen LogP contribution in [-0.2, 0) is 11.3 Å². The van der Waals surface area contributed by atoms with Gasteiger partial charge < -0.3 is 15.2 Å². The highest BCUT2D eigenvalue weighted by molar-refractivity contribution is 5.77. The van der Waals surface area contributed by atoms with Gasteiger partial charge in [-0.3, -0.25) is 4.79 Å². The van der Waals surface area contributed by atoms with Crippen molar-refractivity contribution in [2.45, 2.75) is 6.54 Å². The lowest BCUT2D eigenvalue weighted by atomic mass is 10.2. The zero-order valence-corrected chi connectivity index (χ0v) is 10.4. The van der Waals surface area contributed by atoms with Crippen molar-refractivity contribution in [3.63, 3.8) is 0 Å². The van der Waals surface area contributed by atoms with Gasteiger partial charge in [-0.05, 0) is 17.7 Å². The molecule has 0 heterocycles. The summed E-state index contributed by atoms with van der Waals surface area (Å²) in [4.78, 5) is 11.6. The number of phenolic OH excluding ortho intramolecular Hbond substituents is 1. The molecular formula is C15H15NO3. The van der Waals surface area contributed by atoms with E-state index in [2.05, 4.69) is 5.32 Å². The third-order valence-electron chi connectivity index (χ3n) is 2.52. The van der Waals surface area contributed by atoms with Crippen LogP contribution in [0.5, 0.6) is 11.5 Å². The van der Waals surface area contributed by atoms with Gasteiger partial charge in [-0.1, -0.05) is 36.4 Å². The van der Waals surface area contributed by atoms with Crippen molar-refractivity contribution in [1.82, 2.24) is 5.32 Å². The molecule has 0 saturated heterocycles. The van der Waals surface area contributed by atoms with Crippen molar-refractivity contribution in [2.75, 3.05) is 6.61 Å². The molecule has 0 saturated carbocycles. The van der Waals surface area contributed by atoms with Crippen LogP contribution in [0.15, 0.2) is 54.6 Å². The molecule has 2 aromatic rings. The summed E-state index contributed by atoms with van der Waals surface area (Å²) in [6.45, 7) is 0.402. The first kappa shape index (κ1) is 13.0. The van der Waals surface area contributed by atoms with Gasteiger partial charge in [0.15, 0.2) is 6.61 Å². The van der Waals surface area contributed by atoms with E-state index in [1.807, 2.05) is 30.3 Å². The first-order valence-electron chi connectivity index (χ1n) is 5.96. The number of hydrogen-bond donors (Lipinski definition) is 2. The first-order valence-corrected chi connectivity index (χ1v) is 5.96. The highest BCUT2D eigenvalue weighted by Crippen LogP contribution is 2.17. The fourth-order valence-electron chi connectivity index (χ4n) is 1.57. The van der Waals surface area contributed by atoms with E-state index >= 15 is 0 Å². The summed E-state index contributed by atoms with van der Waals surface area (Å²) in [7, 11) is 0. The first-order chi connectivity index (χ1) is 9.24. The quantitative estimate of drug-likeness (QED) is 0.862. The predicted molar refractivity (Wildman–Crippen MR) is 71.9 cm³/mol. The SMILES string of the molecule is O=C(COc1cccc(O)c1)NCc1ccccc1. The fraction of sp³-hybridized carbons (Fsp3) is 0.133. The lowest BCUT2D eigenvalue weighted by molar-refractivity contribution is -0.123. The normalized spacial score (nSPS) is 9.89. The van der Waals surface area contributed by atoms with E-state index in [9.17, 15) is 9.90 Å². The van der Waals surface area contributed by atoms with Gasteiger partial charge in [-0.2, -0.15) is 0 Å². The van der Waals surface area contributed by atoms with E-state index in [0.717, 1.165) is 5.56 Å². The smallest absolute Gasteiger partial charge is 0.258 e. The minimum absolute atomic E-state index is 0.0731. The average Bonchev–Trinajstić information content (AvgIpc) is 2.44. The summed E-state index contributed by atoms with van der Waals surface area (Å²) in [6.07, 6.45) is 0. The van der Waals surface area contributed by atoms with Crippen molar-refractivity contribution >= 4 is 5.91 Å². The largest absolute Gasteiger partial charge is 0.508 e. The summed E-state index contributed by atoms with van der Waals surface area (Å²) in [6, 6.07) is 16.0. The Labute approximate surface area is 111 Å². The van der Waals surface area contributed by atoms with E-state index in [-0.39, 0.29) is 18.3 Å². The Bertz CT molecular complexity index is 540. The molecule has 0 aliphatic rings. The van der Waals surface area contributed by atoms with Crippen molar-refractivity contribution in [2.24, 2.45) is 0 Å². The topological polar surface area (TPSA) is 58.6 Å². The zero-order chi connectivity index (χ0) is 13.5. The monoisotopic (exact) mass is 257 g/mol. The Hall–Kier alpha value is -2.49. The molecule has 4 heteroatoms. The Morgan fingerprint density at radius 3 is 2.63 bits per heavy atom. The average molecular weight is 257 g/mol. The lowest BCUT2D eigenvalue weighted by Gasteiger charge is -2.07. The van der Waals surface area contributed by atoms with Gasteiger partial charge in [0.25, 0.3) is 5.91 Å². The standard InChI is InChI=1S/C15H15NO3/c17-13-7-4-8-14(9-13)19-11-15(18)16-10-12-5-2-1-3-6-12/h1-9,17H,10-11H2,(H,16,18). The summed E-state index contributed by atoms with van der Waals surface area (Å²) in [5, 5.41) is 12.0. The van der Waals surface area contributed by atoms with Gasteiger partial charge in [0.2, 0.25) is 0 Å². The summed E-state index contributed by atoms with van der Waals surface area (Å²) in [5.41, 5.74) is 1.04. The maximum absolute atomic E-state index is 11.6. The lowest BCUT2D eigenvalue weighted by Crippen LogP contribution is -2.28. The van der Waals surface area contributed by atoms with Crippen LogP contribution in [0.25, 0.3) is 0 Å². The molecule has 2 aromatic carbocycles. The summed E-state index contributed by atoms with van der Waals surface area (Å²) >= 11 is 0. The van der Waals surface area contributed by atoms with E-state index < -0.39 is 0 Å². The molecule has 2 rings (SSSR count). The Balaban J connectivity index is 1.76. The number of carbonyl (C=O) groups is 1. The van der Waals surface area contributed by atoms with Gasteiger partial charge in [0.05, 0.1) is 0 Å². The number of carbonyl (C=O) groups excluding carboxylic acids is 1. The van der Waals surface area contributed by atoms with Crippen LogP contribution in [0.2, 0.25) is 0 Å². The second-order valence-electron chi connectivity index (χ2n) is 4.05. The second kappa shape index (κ2) is 6.44. The van der Waals surface area contributed by atoms with Crippen LogP contribution >= 0.6 is 0 Å². The van der Waals surface area contributed by atoms with Crippen LogP contribution in [0.4, 0.5) is 0 Å². The van der Waals surface area contributed by atoms with Gasteiger partial charge in [-0.25, -0.2) is 0 Å². The molecule has 98 valence electrons. The molecule has 0 aromatic heterocycles. The van der Waals surface area contributed by atoms with Crippen molar-refractivity contribution in [3.8, 4) is 11.5 Å². The maximum atomic E-state index is 11.6. The molecule has 19 heavy (non-hydrogen) atoms. The van der Waals surface area contributed by atoms with Gasteiger partial charge >= 0.3 is 0 Å². The van der Waals surface area contributed by atoms with Crippen molar-refractivity contribution < 1.29 is 14.6 Å². The van der Waals surface area contributed by atoms with E-state index in [1.54, 1.807) is 18.2 Å². The molecule has 0 fully saturated rings. The van der Waals surface area contributed by atoms with Gasteiger partial charge in [0.1, 0.15) is 11.5 Å². The molecule has 0 unspecified atom stereocenters. The van der Waals surface area contributed by atoms with Crippen molar-refractivity contribution in [1.29, 1.82) is 0 Å². The third-order valence-corrected chi connectivity index (χ3v) is 2.52. The number of amides is 1. The summed E-state index contributed by atoms with van der Waals surface area (Å²) < 4.78 is 5.26. The molecule has 4 nitrogen and oxygen atoms in total. The van der Waals surface area contributed by atoms with E-state index in [1.165, 1.54) is 6.07 Å². The molecule has 2 N–H and O–H groups in total. The molecule has 0 bridgehead atoms. The molecular weight excluding hydrogens is 242 g/mol. The molecule has 0 atom stereocenters.